The van der Waals surface area contributed by atoms with Gasteiger partial charge in [0.25, 0.3) is 0 Å². The van der Waals surface area contributed by atoms with Gasteiger partial charge in [-0.2, -0.15) is 11.8 Å². The van der Waals surface area contributed by atoms with Crippen LogP contribution >= 0.6 is 11.8 Å². The zero-order valence-corrected chi connectivity index (χ0v) is 10.7. The van der Waals surface area contributed by atoms with Crippen molar-refractivity contribution in [2.75, 3.05) is 5.75 Å². The van der Waals surface area contributed by atoms with E-state index in [2.05, 4.69) is 44.8 Å². The smallest absolute Gasteiger partial charge is 0.0302 e. The molecule has 2 fully saturated rings. The van der Waals surface area contributed by atoms with Gasteiger partial charge in [-0.15, -0.1) is 0 Å². The fourth-order valence-electron chi connectivity index (χ4n) is 2.54. The van der Waals surface area contributed by atoms with E-state index in [4.69, 9.17) is 0 Å². The van der Waals surface area contributed by atoms with Gasteiger partial charge in [0, 0.05) is 22.6 Å². The summed E-state index contributed by atoms with van der Waals surface area (Å²) >= 11 is 2.09. The summed E-state index contributed by atoms with van der Waals surface area (Å²) in [6.07, 6.45) is 2.84. The van der Waals surface area contributed by atoms with Gasteiger partial charge in [0.1, 0.15) is 0 Å². The molecule has 1 heterocycles. The Hall–Kier alpha value is 0.310. The van der Waals surface area contributed by atoms with E-state index in [0.717, 1.165) is 23.9 Å². The fourth-order valence-corrected chi connectivity index (χ4v) is 3.70. The standard InChI is InChI=1S/C12H23NS/c1-8(2)9-5-6-10(9)13-11-7-14-12(11,3)4/h8-11,13H,5-7H2,1-4H3. The minimum atomic E-state index is 0.483. The fraction of sp³-hybridized carbons (Fsp3) is 1.00. The van der Waals surface area contributed by atoms with E-state index in [1.807, 2.05) is 0 Å². The molecule has 0 radical (unpaired) electrons. The summed E-state index contributed by atoms with van der Waals surface area (Å²) in [7, 11) is 0. The molecule has 3 unspecified atom stereocenters. The molecule has 0 aromatic heterocycles. The van der Waals surface area contributed by atoms with Gasteiger partial charge < -0.3 is 5.32 Å². The first-order chi connectivity index (χ1) is 6.50. The molecule has 0 aromatic carbocycles. The van der Waals surface area contributed by atoms with Crippen LogP contribution in [0.1, 0.15) is 40.5 Å². The van der Waals surface area contributed by atoms with Crippen LogP contribution < -0.4 is 5.32 Å². The minimum Gasteiger partial charge on any atom is -0.309 e. The molecule has 0 amide bonds. The molecule has 1 saturated heterocycles. The van der Waals surface area contributed by atoms with E-state index >= 15 is 0 Å². The van der Waals surface area contributed by atoms with Crippen LogP contribution in [0.25, 0.3) is 0 Å². The molecule has 14 heavy (non-hydrogen) atoms. The van der Waals surface area contributed by atoms with E-state index in [-0.39, 0.29) is 0 Å². The number of hydrogen-bond donors (Lipinski definition) is 1. The van der Waals surface area contributed by atoms with Crippen molar-refractivity contribution in [3.8, 4) is 0 Å². The number of thioether (sulfide) groups is 1. The summed E-state index contributed by atoms with van der Waals surface area (Å²) in [6, 6.07) is 1.58. The van der Waals surface area contributed by atoms with Crippen LogP contribution in [0.15, 0.2) is 0 Å². The van der Waals surface area contributed by atoms with Crippen LogP contribution in [-0.4, -0.2) is 22.6 Å². The largest absolute Gasteiger partial charge is 0.309 e. The molecular weight excluding hydrogens is 190 g/mol. The van der Waals surface area contributed by atoms with E-state index in [1.54, 1.807) is 0 Å². The van der Waals surface area contributed by atoms with Crippen molar-refractivity contribution in [3.63, 3.8) is 0 Å². The second-order valence-electron chi connectivity index (χ2n) is 5.73. The third-order valence-electron chi connectivity index (χ3n) is 4.06. The average Bonchev–Trinajstić information content (AvgIpc) is 1.99. The van der Waals surface area contributed by atoms with Crippen molar-refractivity contribution in [2.45, 2.75) is 57.4 Å². The Bertz CT molecular complexity index is 212. The van der Waals surface area contributed by atoms with Crippen molar-refractivity contribution in [3.05, 3.63) is 0 Å². The second-order valence-corrected chi connectivity index (χ2v) is 7.40. The van der Waals surface area contributed by atoms with Gasteiger partial charge in [-0.05, 0) is 38.5 Å². The Labute approximate surface area is 92.4 Å². The molecule has 0 bridgehead atoms. The van der Waals surface area contributed by atoms with Crippen molar-refractivity contribution in [1.29, 1.82) is 0 Å². The average molecular weight is 213 g/mol. The van der Waals surface area contributed by atoms with Gasteiger partial charge >= 0.3 is 0 Å². The van der Waals surface area contributed by atoms with Crippen LogP contribution in [0, 0.1) is 11.8 Å². The van der Waals surface area contributed by atoms with Crippen LogP contribution in [-0.2, 0) is 0 Å². The maximum absolute atomic E-state index is 3.85. The molecule has 82 valence electrons. The third kappa shape index (κ3) is 1.83. The highest BCUT2D eigenvalue weighted by atomic mass is 32.2. The van der Waals surface area contributed by atoms with Crippen LogP contribution in [0.4, 0.5) is 0 Å². The summed E-state index contributed by atoms with van der Waals surface area (Å²) in [6.45, 7) is 9.45. The van der Waals surface area contributed by atoms with E-state index in [1.165, 1.54) is 18.6 Å². The van der Waals surface area contributed by atoms with E-state index in [9.17, 15) is 0 Å². The predicted molar refractivity (Wildman–Crippen MR) is 64.8 cm³/mol. The highest BCUT2D eigenvalue weighted by molar-refractivity contribution is 8.02. The lowest BCUT2D eigenvalue weighted by Gasteiger charge is -2.50. The lowest BCUT2D eigenvalue weighted by Crippen LogP contribution is -2.61. The monoisotopic (exact) mass is 213 g/mol. The molecule has 1 N–H and O–H groups in total. The molecule has 2 rings (SSSR count). The summed E-state index contributed by atoms with van der Waals surface area (Å²) in [5.74, 6) is 3.11. The molecule has 2 aliphatic rings. The van der Waals surface area contributed by atoms with E-state index < -0.39 is 0 Å². The highest BCUT2D eigenvalue weighted by Crippen LogP contribution is 2.42. The molecule has 1 aliphatic heterocycles. The molecule has 1 nitrogen and oxygen atoms in total. The normalized spacial score (nSPS) is 40.5. The van der Waals surface area contributed by atoms with Crippen molar-refractivity contribution >= 4 is 11.8 Å². The SMILES string of the molecule is CC(C)C1CCC1NC1CSC1(C)C. The Morgan fingerprint density at radius 1 is 1.29 bits per heavy atom. The van der Waals surface area contributed by atoms with Crippen LogP contribution in [0.5, 0.6) is 0 Å². The van der Waals surface area contributed by atoms with Gasteiger partial charge in [0.2, 0.25) is 0 Å². The first-order valence-corrected chi connectivity index (χ1v) is 6.89. The van der Waals surface area contributed by atoms with Crippen LogP contribution in [0.3, 0.4) is 0 Å². The molecule has 2 heteroatoms. The molecule has 0 spiro atoms. The summed E-state index contributed by atoms with van der Waals surface area (Å²) in [5.41, 5.74) is 0. The summed E-state index contributed by atoms with van der Waals surface area (Å²) in [5, 5.41) is 3.85. The maximum atomic E-state index is 3.85. The Morgan fingerprint density at radius 2 is 2.00 bits per heavy atom. The minimum absolute atomic E-state index is 0.483. The predicted octanol–water partition coefficient (Wildman–Crippen LogP) is 2.90. The summed E-state index contributed by atoms with van der Waals surface area (Å²) < 4.78 is 0.483. The zero-order chi connectivity index (χ0) is 10.3. The van der Waals surface area contributed by atoms with Crippen molar-refractivity contribution in [1.82, 2.24) is 5.32 Å². The number of nitrogens with one attached hydrogen (secondary N) is 1. The molecule has 3 atom stereocenters. The van der Waals surface area contributed by atoms with Crippen molar-refractivity contribution in [2.24, 2.45) is 11.8 Å². The topological polar surface area (TPSA) is 12.0 Å². The molecule has 1 saturated carbocycles. The quantitative estimate of drug-likeness (QED) is 0.773. The Balaban J connectivity index is 1.81. The third-order valence-corrected chi connectivity index (χ3v) is 5.59. The molecular formula is C12H23NS. The lowest BCUT2D eigenvalue weighted by molar-refractivity contribution is 0.137. The first kappa shape index (κ1) is 10.8. The molecule has 1 aliphatic carbocycles. The number of rotatable bonds is 3. The van der Waals surface area contributed by atoms with Gasteiger partial charge in [-0.3, -0.25) is 0 Å². The van der Waals surface area contributed by atoms with Crippen molar-refractivity contribution < 1.29 is 0 Å². The lowest BCUT2D eigenvalue weighted by atomic mass is 9.72. The van der Waals surface area contributed by atoms with Gasteiger partial charge in [-0.25, -0.2) is 0 Å². The molecule has 0 aromatic rings. The van der Waals surface area contributed by atoms with E-state index in [0.29, 0.717) is 4.75 Å². The van der Waals surface area contributed by atoms with Gasteiger partial charge in [-0.1, -0.05) is 13.8 Å². The van der Waals surface area contributed by atoms with Gasteiger partial charge in [0.15, 0.2) is 0 Å². The maximum Gasteiger partial charge on any atom is 0.0302 e. The Kier molecular flexibility index (Phi) is 2.87. The second kappa shape index (κ2) is 3.71. The summed E-state index contributed by atoms with van der Waals surface area (Å²) in [4.78, 5) is 0. The van der Waals surface area contributed by atoms with Gasteiger partial charge in [0.05, 0.1) is 0 Å². The Morgan fingerprint density at radius 3 is 2.29 bits per heavy atom. The first-order valence-electron chi connectivity index (χ1n) is 5.90. The van der Waals surface area contributed by atoms with Crippen LogP contribution in [0.2, 0.25) is 0 Å². The zero-order valence-electron chi connectivity index (χ0n) is 9.84. The number of hydrogen-bond acceptors (Lipinski definition) is 2. The highest BCUT2D eigenvalue weighted by Gasteiger charge is 2.43.